The number of aromatic nitrogens is 1. The Morgan fingerprint density at radius 1 is 1.02 bits per heavy atom. The fourth-order valence-corrected chi connectivity index (χ4v) is 8.80. The van der Waals surface area contributed by atoms with E-state index in [1.807, 2.05) is 48.6 Å². The van der Waals surface area contributed by atoms with Crippen molar-refractivity contribution < 1.29 is 34.8 Å². The zero-order valence-corrected chi connectivity index (χ0v) is 32.4. The number of benzene rings is 2. The van der Waals surface area contributed by atoms with Crippen LogP contribution in [0.25, 0.3) is 6.08 Å². The maximum atomic E-state index is 13.6. The minimum absolute atomic E-state index is 0.0307. The first kappa shape index (κ1) is 41.1. The third-order valence-electron chi connectivity index (χ3n) is 12.0. The molecule has 6 rings (SSSR count). The molecule has 7 N–H and O–H groups in total. The Morgan fingerprint density at radius 2 is 1.84 bits per heavy atom. The molecule has 0 bridgehead atoms. The number of nitrogen functional groups attached to an aromatic ring is 1. The molecule has 10 nitrogen and oxygen atoms in total. The van der Waals surface area contributed by atoms with Gasteiger partial charge in [-0.1, -0.05) is 67.2 Å². The molecule has 298 valence electrons. The van der Waals surface area contributed by atoms with Crippen LogP contribution in [0.1, 0.15) is 105 Å². The standard InChI is InChI=1S/C46H57N3O7/c1-56-45-24-34-15-18-41(52)37(40(51)10-6-5-9-30-21-35-13-16-36(50)26-39(35)49-28-30)17-14-33(38(34)27-44(45)55)23-43(54)42(53)22-31(32-19-20-48-46(47)25-32)12-11-29-7-3-2-4-8-29/h2-4,7-8,11-12,19-20,24-25,27,30-31,33,35,37,39-40,42-43,49,51,53-55H,5-6,9-10,13,15-16,18,21-23,26,28H2,1H3,(H2,47,48). The third kappa shape index (κ3) is 10.9. The average molecular weight is 764 g/mol. The van der Waals surface area contributed by atoms with Crippen molar-refractivity contribution >= 4 is 23.5 Å². The number of Topliss-reactive ketones (excluding diaryl/α,β-unsaturated/α-hetero) is 2. The van der Waals surface area contributed by atoms with Crippen molar-refractivity contribution in [1.82, 2.24) is 10.3 Å². The predicted molar refractivity (Wildman–Crippen MR) is 217 cm³/mol. The molecule has 0 spiro atoms. The van der Waals surface area contributed by atoms with E-state index in [9.17, 15) is 30.0 Å². The SMILES string of the molecule is COc1cc2c(cc1O)C(CC(O)C(O)CC(C=Cc1ccccc1)c1ccnc(N)c1)C#CC(C(O)CCCCC1CNC3CC(=O)CCC3C1)C(=O)CC2. The normalized spacial score (nSPS) is 24.7. The molecule has 0 amide bonds. The van der Waals surface area contributed by atoms with Crippen LogP contribution in [-0.4, -0.2) is 75.0 Å². The number of unbranched alkanes of at least 4 members (excludes halogenated alkanes) is 1. The number of allylic oxidation sites excluding steroid dienone is 1. The molecule has 10 heteroatoms. The Bertz CT molecular complexity index is 1890. The second-order valence-electron chi connectivity index (χ2n) is 16.0. The Labute approximate surface area is 330 Å². The van der Waals surface area contributed by atoms with Gasteiger partial charge in [-0.25, -0.2) is 4.98 Å². The van der Waals surface area contributed by atoms with Gasteiger partial charge in [0.2, 0.25) is 0 Å². The molecule has 9 unspecified atom stereocenters. The van der Waals surface area contributed by atoms with E-state index < -0.39 is 30.1 Å². The van der Waals surface area contributed by atoms with E-state index in [-0.39, 0.29) is 42.5 Å². The zero-order chi connectivity index (χ0) is 39.6. The molecule has 56 heavy (non-hydrogen) atoms. The first-order valence-corrected chi connectivity index (χ1v) is 20.2. The highest BCUT2D eigenvalue weighted by Crippen LogP contribution is 2.38. The molecule has 2 aliphatic carbocycles. The number of ketones is 2. The Morgan fingerprint density at radius 3 is 2.62 bits per heavy atom. The average Bonchev–Trinajstić information content (AvgIpc) is 3.25. The van der Waals surface area contributed by atoms with Crippen LogP contribution in [0.2, 0.25) is 0 Å². The molecule has 2 aromatic carbocycles. The number of nitrogens with two attached hydrogens (primary N) is 1. The summed E-state index contributed by atoms with van der Waals surface area (Å²) in [4.78, 5) is 29.6. The summed E-state index contributed by atoms with van der Waals surface area (Å²) < 4.78 is 5.40. The molecule has 1 aliphatic heterocycles. The second-order valence-corrected chi connectivity index (χ2v) is 16.0. The Kier molecular flexibility index (Phi) is 14.4. The minimum atomic E-state index is -1.21. The lowest BCUT2D eigenvalue weighted by atomic mass is 9.74. The summed E-state index contributed by atoms with van der Waals surface area (Å²) in [6.45, 7) is 0.913. The first-order valence-electron chi connectivity index (χ1n) is 20.2. The van der Waals surface area contributed by atoms with Gasteiger partial charge < -0.3 is 36.2 Å². The summed E-state index contributed by atoms with van der Waals surface area (Å²) in [5, 5.41) is 48.9. The van der Waals surface area contributed by atoms with Crippen LogP contribution in [0.3, 0.4) is 0 Å². The minimum Gasteiger partial charge on any atom is -0.504 e. The van der Waals surface area contributed by atoms with Crippen LogP contribution >= 0.6 is 0 Å². The van der Waals surface area contributed by atoms with E-state index in [1.54, 1.807) is 24.4 Å². The number of aryl methyl sites for hydroxylation is 1. The maximum absolute atomic E-state index is 13.6. The van der Waals surface area contributed by atoms with Crippen LogP contribution in [0.15, 0.2) is 66.9 Å². The summed E-state index contributed by atoms with van der Waals surface area (Å²) in [6, 6.07) is 17.0. The Hall–Kier alpha value is -4.53. The lowest BCUT2D eigenvalue weighted by molar-refractivity contribution is -0.124. The number of nitrogens with zero attached hydrogens (tertiary/aromatic N) is 1. The van der Waals surface area contributed by atoms with Crippen LogP contribution in [0, 0.1) is 29.6 Å². The van der Waals surface area contributed by atoms with Gasteiger partial charge in [-0.15, -0.1) is 0 Å². The van der Waals surface area contributed by atoms with Crippen LogP contribution < -0.4 is 15.8 Å². The lowest BCUT2D eigenvalue weighted by Gasteiger charge is -2.39. The van der Waals surface area contributed by atoms with E-state index >= 15 is 0 Å². The highest BCUT2D eigenvalue weighted by atomic mass is 16.5. The number of piperidine rings is 1. The third-order valence-corrected chi connectivity index (χ3v) is 12.0. The van der Waals surface area contributed by atoms with Crippen molar-refractivity contribution in [1.29, 1.82) is 0 Å². The number of aliphatic hydroxyl groups is 3. The van der Waals surface area contributed by atoms with Gasteiger partial charge in [0.15, 0.2) is 17.3 Å². The number of methoxy groups -OCH3 is 1. The summed E-state index contributed by atoms with van der Waals surface area (Å²) in [7, 11) is 1.46. The van der Waals surface area contributed by atoms with E-state index in [2.05, 4.69) is 22.1 Å². The number of carbonyl (C=O) groups is 2. The van der Waals surface area contributed by atoms with Gasteiger partial charge in [0.25, 0.3) is 0 Å². The fourth-order valence-electron chi connectivity index (χ4n) is 8.80. The number of carbonyl (C=O) groups excluding carboxylic acids is 2. The van der Waals surface area contributed by atoms with Gasteiger partial charge in [0.1, 0.15) is 17.5 Å². The molecular formula is C46H57N3O7. The number of fused-ring (bicyclic) bond motifs is 2. The monoisotopic (exact) mass is 763 g/mol. The number of hydrogen-bond acceptors (Lipinski definition) is 10. The first-order chi connectivity index (χ1) is 27.1. The number of nitrogens with one attached hydrogen (secondary N) is 1. The highest BCUT2D eigenvalue weighted by molar-refractivity contribution is 5.85. The summed E-state index contributed by atoms with van der Waals surface area (Å²) >= 11 is 0. The van der Waals surface area contributed by atoms with E-state index in [1.165, 1.54) is 7.11 Å². The van der Waals surface area contributed by atoms with Crippen molar-refractivity contribution in [3.05, 3.63) is 89.1 Å². The largest absolute Gasteiger partial charge is 0.504 e. The van der Waals surface area contributed by atoms with Gasteiger partial charge in [-0.05, 0) is 110 Å². The van der Waals surface area contributed by atoms with E-state index in [4.69, 9.17) is 10.5 Å². The summed E-state index contributed by atoms with van der Waals surface area (Å²) in [5.74, 6) is 6.33. The van der Waals surface area contributed by atoms with Gasteiger partial charge >= 0.3 is 0 Å². The number of aromatic hydroxyl groups is 1. The van der Waals surface area contributed by atoms with Crippen molar-refractivity contribution in [2.75, 3.05) is 19.4 Å². The quantitative estimate of drug-likeness (QED) is 0.0812. The molecule has 1 aromatic heterocycles. The molecule has 2 heterocycles. The smallest absolute Gasteiger partial charge is 0.160 e. The molecule has 2 fully saturated rings. The lowest BCUT2D eigenvalue weighted by Crippen LogP contribution is -2.48. The number of phenolic OH excluding ortho intramolecular Hbond substituents is 1. The molecular weight excluding hydrogens is 707 g/mol. The molecule has 9 atom stereocenters. The van der Waals surface area contributed by atoms with Gasteiger partial charge in [0, 0.05) is 43.3 Å². The van der Waals surface area contributed by atoms with Gasteiger partial charge in [0.05, 0.1) is 25.4 Å². The molecule has 0 radical (unpaired) electrons. The summed E-state index contributed by atoms with van der Waals surface area (Å²) in [5.41, 5.74) is 9.27. The van der Waals surface area contributed by atoms with Crippen LogP contribution in [0.5, 0.6) is 11.5 Å². The number of hydrogen-bond donors (Lipinski definition) is 6. The van der Waals surface area contributed by atoms with Crippen molar-refractivity contribution in [3.8, 4) is 23.3 Å². The number of pyridine rings is 1. The number of ether oxygens (including phenoxy) is 1. The number of anilines is 1. The van der Waals surface area contributed by atoms with Gasteiger partial charge in [-0.3, -0.25) is 9.59 Å². The van der Waals surface area contributed by atoms with E-state index in [0.29, 0.717) is 60.7 Å². The fraction of sp³-hybridized carbons (Fsp3) is 0.500. The van der Waals surface area contributed by atoms with Crippen molar-refractivity contribution in [3.63, 3.8) is 0 Å². The van der Waals surface area contributed by atoms with Gasteiger partial charge in [-0.2, -0.15) is 0 Å². The van der Waals surface area contributed by atoms with Crippen LogP contribution in [-0.2, 0) is 16.0 Å². The predicted octanol–water partition coefficient (Wildman–Crippen LogP) is 5.86. The topological polar surface area (TPSA) is 175 Å². The van der Waals surface area contributed by atoms with Crippen LogP contribution in [0.4, 0.5) is 5.82 Å². The molecule has 1 saturated heterocycles. The number of aliphatic hydroxyl groups excluding tert-OH is 3. The Balaban J connectivity index is 1.15. The number of rotatable bonds is 15. The second kappa shape index (κ2) is 19.6. The zero-order valence-electron chi connectivity index (χ0n) is 32.4. The molecule has 3 aromatic rings. The summed E-state index contributed by atoms with van der Waals surface area (Å²) in [6.07, 6.45) is 9.57. The van der Waals surface area contributed by atoms with Crippen molar-refractivity contribution in [2.24, 2.45) is 17.8 Å². The highest BCUT2D eigenvalue weighted by Gasteiger charge is 2.35. The maximum Gasteiger partial charge on any atom is 0.160 e. The van der Waals surface area contributed by atoms with Crippen molar-refractivity contribution in [2.45, 2.75) is 113 Å². The molecule has 3 aliphatic rings. The number of phenols is 1. The molecule has 1 saturated carbocycles. The van der Waals surface area contributed by atoms with E-state index in [0.717, 1.165) is 55.3 Å².